The fraction of sp³-hybridized carbons (Fsp3) is 0.619. The van der Waals surface area contributed by atoms with E-state index in [0.717, 1.165) is 18.1 Å². The summed E-state index contributed by atoms with van der Waals surface area (Å²) in [6.07, 6.45) is 9.16. The maximum atomic E-state index is 11.9. The molecule has 2 N–H and O–H groups in total. The molecule has 0 aromatic heterocycles. The topological polar surface area (TPSA) is 56.7 Å². The number of nitrogens with one attached hydrogen (secondary N) is 2. The molecule has 0 saturated carbocycles. The van der Waals surface area contributed by atoms with Crippen LogP contribution in [0.5, 0.6) is 0 Å². The van der Waals surface area contributed by atoms with Crippen LogP contribution in [-0.4, -0.2) is 44.5 Å². The fourth-order valence-corrected chi connectivity index (χ4v) is 2.72. The Labute approximate surface area is 182 Å². The lowest BCUT2D eigenvalue weighted by Crippen LogP contribution is -2.37. The second-order valence-corrected chi connectivity index (χ2v) is 6.87. The number of rotatable bonds is 11. The van der Waals surface area contributed by atoms with E-state index in [1.54, 1.807) is 26.0 Å². The Kier molecular flexibility index (Phi) is 15.0. The molecule has 154 valence electrons. The van der Waals surface area contributed by atoms with Crippen molar-refractivity contribution in [2.24, 2.45) is 4.99 Å². The van der Waals surface area contributed by atoms with Gasteiger partial charge in [-0.2, -0.15) is 0 Å². The van der Waals surface area contributed by atoms with Gasteiger partial charge >= 0.3 is 0 Å². The minimum Gasteiger partial charge on any atom is -0.356 e. The Balaban J connectivity index is 0.00000676. The van der Waals surface area contributed by atoms with E-state index < -0.39 is 0 Å². The van der Waals surface area contributed by atoms with E-state index in [1.807, 2.05) is 24.3 Å². The quantitative estimate of drug-likeness (QED) is 0.210. The Morgan fingerprint density at radius 3 is 2.11 bits per heavy atom. The Bertz CT molecular complexity index is 544. The van der Waals surface area contributed by atoms with Gasteiger partial charge in [0.1, 0.15) is 0 Å². The third-order valence-electron chi connectivity index (χ3n) is 4.36. The highest BCUT2D eigenvalue weighted by molar-refractivity contribution is 14.0. The monoisotopic (exact) mass is 488 g/mol. The highest BCUT2D eigenvalue weighted by Crippen LogP contribution is 2.07. The Morgan fingerprint density at radius 2 is 1.56 bits per heavy atom. The van der Waals surface area contributed by atoms with Crippen LogP contribution in [0.15, 0.2) is 29.3 Å². The zero-order valence-electron chi connectivity index (χ0n) is 17.4. The number of unbranched alkanes of at least 4 members (excludes halogenated alkanes) is 6. The molecule has 1 aromatic carbocycles. The van der Waals surface area contributed by atoms with Gasteiger partial charge in [0, 0.05) is 39.8 Å². The predicted octanol–water partition coefficient (Wildman–Crippen LogP) is 4.42. The molecule has 0 saturated heterocycles. The van der Waals surface area contributed by atoms with Gasteiger partial charge in [0.15, 0.2) is 5.96 Å². The van der Waals surface area contributed by atoms with E-state index in [2.05, 4.69) is 22.5 Å². The largest absolute Gasteiger partial charge is 0.356 e. The SMILES string of the molecule is CCCCCCCCCNC(=NC)NCc1ccc(C(=O)N(C)C)cc1.I. The fourth-order valence-electron chi connectivity index (χ4n) is 2.72. The number of guanidine groups is 1. The van der Waals surface area contributed by atoms with Gasteiger partial charge in [0.05, 0.1) is 0 Å². The minimum atomic E-state index is 0. The molecule has 0 spiro atoms. The summed E-state index contributed by atoms with van der Waals surface area (Å²) in [4.78, 5) is 17.7. The number of carbonyl (C=O) groups excluding carboxylic acids is 1. The summed E-state index contributed by atoms with van der Waals surface area (Å²) in [6, 6.07) is 7.70. The van der Waals surface area contributed by atoms with Gasteiger partial charge in [0.25, 0.3) is 5.91 Å². The van der Waals surface area contributed by atoms with Gasteiger partial charge in [-0.15, -0.1) is 24.0 Å². The van der Waals surface area contributed by atoms with Crippen LogP contribution in [0.25, 0.3) is 0 Å². The molecule has 1 aromatic rings. The van der Waals surface area contributed by atoms with Gasteiger partial charge in [-0.05, 0) is 24.1 Å². The van der Waals surface area contributed by atoms with Crippen LogP contribution in [0.2, 0.25) is 0 Å². The number of aliphatic imine (C=N–C) groups is 1. The molecule has 0 aliphatic heterocycles. The van der Waals surface area contributed by atoms with E-state index >= 15 is 0 Å². The van der Waals surface area contributed by atoms with Crippen molar-refractivity contribution in [1.29, 1.82) is 0 Å². The van der Waals surface area contributed by atoms with Gasteiger partial charge in [-0.25, -0.2) is 0 Å². The first-order valence-electron chi connectivity index (χ1n) is 9.83. The van der Waals surface area contributed by atoms with Crippen molar-refractivity contribution in [3.05, 3.63) is 35.4 Å². The van der Waals surface area contributed by atoms with Gasteiger partial charge < -0.3 is 15.5 Å². The summed E-state index contributed by atoms with van der Waals surface area (Å²) >= 11 is 0. The minimum absolute atomic E-state index is 0. The summed E-state index contributed by atoms with van der Waals surface area (Å²) in [5.74, 6) is 0.848. The summed E-state index contributed by atoms with van der Waals surface area (Å²) in [7, 11) is 5.32. The number of amides is 1. The van der Waals surface area contributed by atoms with Crippen LogP contribution in [0.4, 0.5) is 0 Å². The zero-order chi connectivity index (χ0) is 19.2. The standard InChI is InChI=1S/C21H36N4O.HI/c1-5-6-7-8-9-10-11-16-23-21(22-2)24-17-18-12-14-19(15-13-18)20(26)25(3)4;/h12-15H,5-11,16-17H2,1-4H3,(H2,22,23,24);1H. The molecule has 0 radical (unpaired) electrons. The van der Waals surface area contributed by atoms with E-state index in [9.17, 15) is 4.79 Å². The summed E-state index contributed by atoms with van der Waals surface area (Å²) in [5.41, 5.74) is 1.83. The van der Waals surface area contributed by atoms with Crippen LogP contribution in [-0.2, 0) is 6.54 Å². The first-order chi connectivity index (χ1) is 12.6. The smallest absolute Gasteiger partial charge is 0.253 e. The predicted molar refractivity (Wildman–Crippen MR) is 126 cm³/mol. The van der Waals surface area contributed by atoms with Crippen LogP contribution in [0.3, 0.4) is 0 Å². The summed E-state index contributed by atoms with van der Waals surface area (Å²) in [5, 5.41) is 6.68. The van der Waals surface area contributed by atoms with Crippen molar-refractivity contribution in [3.63, 3.8) is 0 Å². The summed E-state index contributed by atoms with van der Waals surface area (Å²) < 4.78 is 0. The van der Waals surface area contributed by atoms with Crippen LogP contribution in [0.1, 0.15) is 67.8 Å². The number of benzene rings is 1. The molecule has 0 aliphatic rings. The molecule has 27 heavy (non-hydrogen) atoms. The molecule has 0 aliphatic carbocycles. The number of hydrogen-bond acceptors (Lipinski definition) is 2. The van der Waals surface area contributed by atoms with Crippen LogP contribution in [0, 0.1) is 0 Å². The molecular weight excluding hydrogens is 451 g/mol. The second-order valence-electron chi connectivity index (χ2n) is 6.87. The number of hydrogen-bond donors (Lipinski definition) is 2. The average molecular weight is 488 g/mol. The van der Waals surface area contributed by atoms with Gasteiger partial charge in [-0.1, -0.05) is 57.6 Å². The Morgan fingerprint density at radius 1 is 0.963 bits per heavy atom. The molecule has 6 heteroatoms. The summed E-state index contributed by atoms with van der Waals surface area (Å²) in [6.45, 7) is 3.89. The number of nitrogens with zero attached hydrogens (tertiary/aromatic N) is 2. The molecule has 0 unspecified atom stereocenters. The van der Waals surface area contributed by atoms with Gasteiger partial charge in [0.2, 0.25) is 0 Å². The molecule has 0 bridgehead atoms. The molecule has 5 nitrogen and oxygen atoms in total. The third kappa shape index (κ3) is 11.2. The molecule has 0 fully saturated rings. The molecular formula is C21H37IN4O. The van der Waals surface area contributed by atoms with Crippen molar-refractivity contribution >= 4 is 35.8 Å². The first kappa shape index (κ1) is 25.7. The van der Waals surface area contributed by atoms with E-state index in [1.165, 1.54) is 44.9 Å². The molecule has 1 rings (SSSR count). The Hall–Kier alpha value is -1.31. The highest BCUT2D eigenvalue weighted by Gasteiger charge is 2.07. The lowest BCUT2D eigenvalue weighted by Gasteiger charge is -2.13. The molecule has 0 atom stereocenters. The van der Waals surface area contributed by atoms with Crippen molar-refractivity contribution in [3.8, 4) is 0 Å². The van der Waals surface area contributed by atoms with Crippen LogP contribution >= 0.6 is 24.0 Å². The highest BCUT2D eigenvalue weighted by atomic mass is 127. The lowest BCUT2D eigenvalue weighted by molar-refractivity contribution is 0.0827. The second kappa shape index (κ2) is 15.7. The molecule has 0 heterocycles. The maximum Gasteiger partial charge on any atom is 0.253 e. The van der Waals surface area contributed by atoms with Crippen molar-refractivity contribution in [2.75, 3.05) is 27.7 Å². The van der Waals surface area contributed by atoms with Crippen molar-refractivity contribution < 1.29 is 4.79 Å². The normalized spacial score (nSPS) is 10.9. The maximum absolute atomic E-state index is 11.9. The van der Waals surface area contributed by atoms with E-state index in [0.29, 0.717) is 12.1 Å². The van der Waals surface area contributed by atoms with Gasteiger partial charge in [-0.3, -0.25) is 9.79 Å². The first-order valence-corrected chi connectivity index (χ1v) is 9.83. The van der Waals surface area contributed by atoms with Crippen molar-refractivity contribution in [1.82, 2.24) is 15.5 Å². The number of carbonyl (C=O) groups is 1. The van der Waals surface area contributed by atoms with E-state index in [-0.39, 0.29) is 29.9 Å². The lowest BCUT2D eigenvalue weighted by atomic mass is 10.1. The zero-order valence-corrected chi connectivity index (χ0v) is 19.7. The van der Waals surface area contributed by atoms with E-state index in [4.69, 9.17) is 0 Å². The number of halogens is 1. The third-order valence-corrected chi connectivity index (χ3v) is 4.36. The van der Waals surface area contributed by atoms with Crippen LogP contribution < -0.4 is 10.6 Å². The molecule has 1 amide bonds. The van der Waals surface area contributed by atoms with Crippen molar-refractivity contribution in [2.45, 2.75) is 58.4 Å². The average Bonchev–Trinajstić information content (AvgIpc) is 2.66.